The Balaban J connectivity index is 2.18. The average Bonchev–Trinajstić information content (AvgIpc) is 2.47. The van der Waals surface area contributed by atoms with Gasteiger partial charge >= 0.3 is 0 Å². The Morgan fingerprint density at radius 1 is 1.00 bits per heavy atom. The maximum Gasteiger partial charge on any atom is 0.168 e. The molecule has 0 bridgehead atoms. The molecule has 1 aromatic carbocycles. The second-order valence-electron chi connectivity index (χ2n) is 6.85. The van der Waals surface area contributed by atoms with Crippen LogP contribution in [0.15, 0.2) is 47.6 Å². The van der Waals surface area contributed by atoms with Crippen LogP contribution in [0.5, 0.6) is 0 Å². The fraction of sp³-hybridized carbons (Fsp3) is 0.400. The van der Waals surface area contributed by atoms with E-state index in [1.165, 1.54) is 11.1 Å². The highest BCUT2D eigenvalue weighted by atomic mass is 16.1. The van der Waals surface area contributed by atoms with Gasteiger partial charge in [0.05, 0.1) is 0 Å². The van der Waals surface area contributed by atoms with Crippen LogP contribution >= 0.6 is 0 Å². The second-order valence-corrected chi connectivity index (χ2v) is 6.85. The minimum Gasteiger partial charge on any atom is -0.294 e. The largest absolute Gasteiger partial charge is 0.294 e. The molecular formula is C20H22O2. The van der Waals surface area contributed by atoms with Gasteiger partial charge < -0.3 is 0 Å². The zero-order valence-corrected chi connectivity index (χ0v) is 13.6. The number of Topliss-reactive ketones (excluding diaryl/α,β-unsaturated/α-hetero) is 2. The number of hydrogen-bond acceptors (Lipinski definition) is 2. The first-order valence-electron chi connectivity index (χ1n) is 7.92. The molecule has 0 radical (unpaired) electrons. The van der Waals surface area contributed by atoms with Gasteiger partial charge in [0.25, 0.3) is 0 Å². The summed E-state index contributed by atoms with van der Waals surface area (Å²) in [4.78, 5) is 26.0. The number of benzene rings is 1. The minimum atomic E-state index is -0.254. The van der Waals surface area contributed by atoms with Crippen LogP contribution in [0.1, 0.15) is 48.4 Å². The quantitative estimate of drug-likeness (QED) is 0.716. The molecule has 4 unspecified atom stereocenters. The highest BCUT2D eigenvalue weighted by molar-refractivity contribution is 6.16. The molecule has 0 saturated carbocycles. The highest BCUT2D eigenvalue weighted by Crippen LogP contribution is 2.45. The molecule has 2 aliphatic rings. The zero-order chi connectivity index (χ0) is 16.0. The van der Waals surface area contributed by atoms with Crippen LogP contribution in [0, 0.1) is 23.7 Å². The van der Waals surface area contributed by atoms with Crippen LogP contribution in [0.3, 0.4) is 0 Å². The van der Waals surface area contributed by atoms with E-state index in [4.69, 9.17) is 0 Å². The first-order chi connectivity index (χ1) is 10.4. The third kappa shape index (κ3) is 2.18. The van der Waals surface area contributed by atoms with Crippen molar-refractivity contribution in [2.75, 3.05) is 0 Å². The molecular weight excluding hydrogens is 272 g/mol. The molecule has 2 heteroatoms. The molecule has 3 rings (SSSR count). The number of carbonyl (C=O) groups is 2. The molecule has 0 aliphatic heterocycles. The molecule has 0 fully saturated rings. The van der Waals surface area contributed by atoms with E-state index in [1.54, 1.807) is 12.1 Å². The van der Waals surface area contributed by atoms with Gasteiger partial charge in [-0.2, -0.15) is 0 Å². The Labute approximate surface area is 131 Å². The lowest BCUT2D eigenvalue weighted by atomic mass is 9.60. The topological polar surface area (TPSA) is 34.1 Å². The Hall–Kier alpha value is -1.96. The van der Waals surface area contributed by atoms with E-state index >= 15 is 0 Å². The number of hydrogen-bond donors (Lipinski definition) is 0. The maximum absolute atomic E-state index is 13.0. The molecule has 0 spiro atoms. The normalized spacial score (nSPS) is 30.3. The van der Waals surface area contributed by atoms with Crippen molar-refractivity contribution in [3.63, 3.8) is 0 Å². The summed E-state index contributed by atoms with van der Waals surface area (Å²) in [6, 6.07) is 7.27. The Morgan fingerprint density at radius 3 is 2.09 bits per heavy atom. The second kappa shape index (κ2) is 5.35. The predicted molar refractivity (Wildman–Crippen MR) is 87.9 cm³/mol. The van der Waals surface area contributed by atoms with Gasteiger partial charge in [0.15, 0.2) is 11.6 Å². The van der Waals surface area contributed by atoms with E-state index < -0.39 is 0 Å². The van der Waals surface area contributed by atoms with Crippen LogP contribution in [0.2, 0.25) is 0 Å². The summed E-state index contributed by atoms with van der Waals surface area (Å²) in [6.07, 6.45) is 4.31. The van der Waals surface area contributed by atoms with E-state index in [-0.39, 0.29) is 35.2 Å². The molecule has 0 heterocycles. The first kappa shape index (κ1) is 15.0. The summed E-state index contributed by atoms with van der Waals surface area (Å²) in [5, 5.41) is 0. The molecule has 1 aromatic rings. The summed E-state index contributed by atoms with van der Waals surface area (Å²) >= 11 is 0. The average molecular weight is 294 g/mol. The van der Waals surface area contributed by atoms with Crippen molar-refractivity contribution in [3.05, 3.63) is 58.7 Å². The maximum atomic E-state index is 13.0. The van der Waals surface area contributed by atoms with Crippen LogP contribution in [-0.2, 0) is 0 Å². The van der Waals surface area contributed by atoms with E-state index in [0.717, 1.165) is 0 Å². The Morgan fingerprint density at radius 2 is 1.55 bits per heavy atom. The van der Waals surface area contributed by atoms with Crippen LogP contribution in [-0.4, -0.2) is 11.6 Å². The molecule has 2 aliphatic carbocycles. The number of rotatable bonds is 1. The fourth-order valence-corrected chi connectivity index (χ4v) is 3.93. The van der Waals surface area contributed by atoms with Crippen LogP contribution in [0.4, 0.5) is 0 Å². The van der Waals surface area contributed by atoms with Gasteiger partial charge in [0.1, 0.15) is 0 Å². The molecule has 0 N–H and O–H groups in total. The van der Waals surface area contributed by atoms with Gasteiger partial charge in [0.2, 0.25) is 0 Å². The molecule has 2 nitrogen and oxygen atoms in total. The number of ketones is 2. The molecule has 0 saturated heterocycles. The van der Waals surface area contributed by atoms with Crippen molar-refractivity contribution < 1.29 is 9.59 Å². The highest BCUT2D eigenvalue weighted by Gasteiger charge is 2.48. The lowest BCUT2D eigenvalue weighted by Gasteiger charge is -2.41. The van der Waals surface area contributed by atoms with Gasteiger partial charge in [-0.05, 0) is 26.7 Å². The summed E-state index contributed by atoms with van der Waals surface area (Å²) in [5.74, 6) is -0.0813. The lowest BCUT2D eigenvalue weighted by Crippen LogP contribution is -2.45. The van der Waals surface area contributed by atoms with Gasteiger partial charge in [0, 0.05) is 28.9 Å². The van der Waals surface area contributed by atoms with Crippen molar-refractivity contribution in [1.82, 2.24) is 0 Å². The molecule has 0 aromatic heterocycles. The Bertz CT molecular complexity index is 704. The fourth-order valence-electron chi connectivity index (χ4n) is 3.93. The van der Waals surface area contributed by atoms with E-state index in [1.807, 2.05) is 26.0 Å². The molecule has 0 amide bonds. The van der Waals surface area contributed by atoms with Crippen molar-refractivity contribution >= 4 is 11.6 Å². The van der Waals surface area contributed by atoms with Crippen molar-refractivity contribution in [2.24, 2.45) is 23.7 Å². The van der Waals surface area contributed by atoms with Gasteiger partial charge in [-0.1, -0.05) is 54.5 Å². The predicted octanol–water partition coefficient (Wildman–Crippen LogP) is 4.48. The van der Waals surface area contributed by atoms with Gasteiger partial charge in [-0.15, -0.1) is 0 Å². The Kier molecular flexibility index (Phi) is 3.64. The number of allylic oxidation sites excluding steroid dienone is 4. The number of fused-ring (bicyclic) bond motifs is 2. The third-order valence-electron chi connectivity index (χ3n) is 5.10. The van der Waals surface area contributed by atoms with Crippen LogP contribution in [0.25, 0.3) is 0 Å². The van der Waals surface area contributed by atoms with Crippen molar-refractivity contribution in [2.45, 2.75) is 27.7 Å². The van der Waals surface area contributed by atoms with Crippen molar-refractivity contribution in [1.29, 1.82) is 0 Å². The summed E-state index contributed by atoms with van der Waals surface area (Å²) in [7, 11) is 0. The van der Waals surface area contributed by atoms with E-state index in [0.29, 0.717) is 11.1 Å². The van der Waals surface area contributed by atoms with Crippen molar-refractivity contribution in [3.8, 4) is 0 Å². The first-order valence-corrected chi connectivity index (χ1v) is 7.92. The lowest BCUT2D eigenvalue weighted by molar-refractivity contribution is 0.0644. The SMILES string of the molecule is CC(C)=CC1C=C(C)C(C)C2C(=O)c3ccccc3C(=O)C12. The van der Waals surface area contributed by atoms with E-state index in [9.17, 15) is 9.59 Å². The third-order valence-corrected chi connectivity index (χ3v) is 5.10. The number of carbonyl (C=O) groups excluding carboxylic acids is 2. The monoisotopic (exact) mass is 294 g/mol. The van der Waals surface area contributed by atoms with Crippen LogP contribution < -0.4 is 0 Å². The van der Waals surface area contributed by atoms with Gasteiger partial charge in [-0.3, -0.25) is 9.59 Å². The molecule has 114 valence electrons. The summed E-state index contributed by atoms with van der Waals surface area (Å²) in [5.41, 5.74) is 3.60. The minimum absolute atomic E-state index is 0.0241. The zero-order valence-electron chi connectivity index (χ0n) is 13.6. The van der Waals surface area contributed by atoms with Gasteiger partial charge in [-0.25, -0.2) is 0 Å². The van der Waals surface area contributed by atoms with E-state index in [2.05, 4.69) is 26.0 Å². The summed E-state index contributed by atoms with van der Waals surface area (Å²) in [6.45, 7) is 8.23. The summed E-state index contributed by atoms with van der Waals surface area (Å²) < 4.78 is 0. The molecule has 4 atom stereocenters. The molecule has 22 heavy (non-hydrogen) atoms. The smallest absolute Gasteiger partial charge is 0.168 e. The standard InChI is InChI=1S/C20H22O2/c1-11(2)9-14-10-12(3)13(4)17-18(14)20(22)16-8-6-5-7-15(16)19(17)21/h5-10,13-14,17-18H,1-4H3.